The van der Waals surface area contributed by atoms with Gasteiger partial charge in [-0.05, 0) is 44.9 Å². The SMILES string of the molecule is COc1ccccc1N(CCCN)C(C)C(=O)NC1CC1. The first kappa shape index (κ1) is 15.6. The van der Waals surface area contributed by atoms with Gasteiger partial charge in [-0.3, -0.25) is 4.79 Å². The van der Waals surface area contributed by atoms with E-state index in [0.717, 1.165) is 37.2 Å². The van der Waals surface area contributed by atoms with E-state index in [2.05, 4.69) is 10.2 Å². The molecule has 0 bridgehead atoms. The van der Waals surface area contributed by atoms with Crippen molar-refractivity contribution in [2.75, 3.05) is 25.1 Å². The van der Waals surface area contributed by atoms with Crippen LogP contribution in [0.2, 0.25) is 0 Å². The molecule has 5 nitrogen and oxygen atoms in total. The highest BCUT2D eigenvalue weighted by Crippen LogP contribution is 2.29. The Bertz CT molecular complexity index is 474. The van der Waals surface area contributed by atoms with Crippen LogP contribution in [-0.4, -0.2) is 38.2 Å². The first-order chi connectivity index (χ1) is 10.2. The third-order valence-corrected chi connectivity index (χ3v) is 3.77. The summed E-state index contributed by atoms with van der Waals surface area (Å²) in [4.78, 5) is 14.4. The molecule has 21 heavy (non-hydrogen) atoms. The van der Waals surface area contributed by atoms with E-state index >= 15 is 0 Å². The van der Waals surface area contributed by atoms with Crippen molar-refractivity contribution in [2.24, 2.45) is 5.73 Å². The second-order valence-corrected chi connectivity index (χ2v) is 5.47. The topological polar surface area (TPSA) is 67.6 Å². The summed E-state index contributed by atoms with van der Waals surface area (Å²) in [6.45, 7) is 3.26. The van der Waals surface area contributed by atoms with Gasteiger partial charge in [-0.1, -0.05) is 12.1 Å². The van der Waals surface area contributed by atoms with Crippen LogP contribution in [0.3, 0.4) is 0 Å². The molecule has 1 aromatic carbocycles. The second-order valence-electron chi connectivity index (χ2n) is 5.47. The Hall–Kier alpha value is -1.75. The summed E-state index contributed by atoms with van der Waals surface area (Å²) in [5.74, 6) is 0.848. The Morgan fingerprint density at radius 3 is 2.81 bits per heavy atom. The number of nitrogens with zero attached hydrogens (tertiary/aromatic N) is 1. The minimum atomic E-state index is -0.242. The fourth-order valence-corrected chi connectivity index (χ4v) is 2.34. The molecule has 0 saturated heterocycles. The maximum Gasteiger partial charge on any atom is 0.242 e. The molecule has 1 aromatic rings. The molecule has 0 heterocycles. The molecule has 1 saturated carbocycles. The summed E-state index contributed by atoms with van der Waals surface area (Å²) < 4.78 is 5.42. The number of rotatable bonds is 8. The molecular formula is C16H25N3O2. The Balaban J connectivity index is 2.17. The molecule has 3 N–H and O–H groups in total. The van der Waals surface area contributed by atoms with Crippen LogP contribution in [0.4, 0.5) is 5.69 Å². The number of benzene rings is 1. The number of hydrogen-bond donors (Lipinski definition) is 2. The lowest BCUT2D eigenvalue weighted by molar-refractivity contribution is -0.122. The van der Waals surface area contributed by atoms with Crippen LogP contribution in [0.15, 0.2) is 24.3 Å². The van der Waals surface area contributed by atoms with Gasteiger partial charge in [0.1, 0.15) is 11.8 Å². The third kappa shape index (κ3) is 4.11. The maximum absolute atomic E-state index is 12.3. The molecular weight excluding hydrogens is 266 g/mol. The zero-order valence-electron chi connectivity index (χ0n) is 12.8. The summed E-state index contributed by atoms with van der Waals surface area (Å²) in [6, 6.07) is 7.91. The predicted octanol–water partition coefficient (Wildman–Crippen LogP) is 1.52. The molecule has 0 spiro atoms. The average molecular weight is 291 g/mol. The Labute approximate surface area is 126 Å². The number of amides is 1. The second kappa shape index (κ2) is 7.31. The minimum absolute atomic E-state index is 0.0698. The number of nitrogens with one attached hydrogen (secondary N) is 1. The molecule has 1 fully saturated rings. The standard InChI is InChI=1S/C16H25N3O2/c1-12(16(20)18-13-8-9-13)19(11-5-10-17)14-6-3-4-7-15(14)21-2/h3-4,6-7,12-13H,5,8-11,17H2,1-2H3,(H,18,20). The molecule has 1 aliphatic rings. The normalized spacial score (nSPS) is 15.4. The molecule has 1 amide bonds. The maximum atomic E-state index is 12.3. The van der Waals surface area contributed by atoms with Crippen molar-refractivity contribution in [3.8, 4) is 5.75 Å². The molecule has 116 valence electrons. The number of anilines is 1. The van der Waals surface area contributed by atoms with E-state index in [9.17, 15) is 4.79 Å². The van der Waals surface area contributed by atoms with Crippen molar-refractivity contribution in [1.29, 1.82) is 0 Å². The third-order valence-electron chi connectivity index (χ3n) is 3.77. The lowest BCUT2D eigenvalue weighted by Crippen LogP contribution is -2.46. The van der Waals surface area contributed by atoms with E-state index in [1.165, 1.54) is 0 Å². The monoisotopic (exact) mass is 291 g/mol. The quantitative estimate of drug-likeness (QED) is 0.762. The van der Waals surface area contributed by atoms with Crippen molar-refractivity contribution >= 4 is 11.6 Å². The van der Waals surface area contributed by atoms with Gasteiger partial charge in [0, 0.05) is 12.6 Å². The summed E-state index contributed by atoms with van der Waals surface area (Å²) >= 11 is 0. The van der Waals surface area contributed by atoms with Crippen molar-refractivity contribution in [3.63, 3.8) is 0 Å². The number of hydrogen-bond acceptors (Lipinski definition) is 4. The van der Waals surface area contributed by atoms with Gasteiger partial charge in [-0.25, -0.2) is 0 Å². The number of nitrogens with two attached hydrogens (primary N) is 1. The number of para-hydroxylation sites is 2. The van der Waals surface area contributed by atoms with Crippen LogP contribution in [0, 0.1) is 0 Å². The Morgan fingerprint density at radius 2 is 2.19 bits per heavy atom. The summed E-state index contributed by atoms with van der Waals surface area (Å²) in [6.07, 6.45) is 3.02. The number of carbonyl (C=O) groups excluding carboxylic acids is 1. The lowest BCUT2D eigenvalue weighted by Gasteiger charge is -2.31. The molecule has 0 radical (unpaired) electrons. The van der Waals surface area contributed by atoms with Gasteiger partial charge >= 0.3 is 0 Å². The lowest BCUT2D eigenvalue weighted by atomic mass is 10.1. The molecule has 1 atom stereocenters. The zero-order chi connectivity index (χ0) is 15.2. The smallest absolute Gasteiger partial charge is 0.242 e. The first-order valence-electron chi connectivity index (χ1n) is 7.57. The highest BCUT2D eigenvalue weighted by atomic mass is 16.5. The largest absolute Gasteiger partial charge is 0.495 e. The molecule has 0 aromatic heterocycles. The van der Waals surface area contributed by atoms with Crippen LogP contribution >= 0.6 is 0 Å². The van der Waals surface area contributed by atoms with E-state index in [-0.39, 0.29) is 11.9 Å². The van der Waals surface area contributed by atoms with E-state index in [1.807, 2.05) is 31.2 Å². The Kier molecular flexibility index (Phi) is 5.44. The van der Waals surface area contributed by atoms with Crippen LogP contribution in [0.1, 0.15) is 26.2 Å². The van der Waals surface area contributed by atoms with Crippen molar-refractivity contribution in [1.82, 2.24) is 5.32 Å². The highest BCUT2D eigenvalue weighted by molar-refractivity contribution is 5.86. The van der Waals surface area contributed by atoms with Crippen molar-refractivity contribution < 1.29 is 9.53 Å². The van der Waals surface area contributed by atoms with Crippen LogP contribution in [0.5, 0.6) is 5.75 Å². The number of carbonyl (C=O) groups is 1. The van der Waals surface area contributed by atoms with E-state index in [4.69, 9.17) is 10.5 Å². The van der Waals surface area contributed by atoms with Crippen LogP contribution < -0.4 is 20.7 Å². The van der Waals surface area contributed by atoms with Crippen LogP contribution in [-0.2, 0) is 4.79 Å². The highest BCUT2D eigenvalue weighted by Gasteiger charge is 2.29. The molecule has 0 aliphatic heterocycles. The van der Waals surface area contributed by atoms with Crippen LogP contribution in [0.25, 0.3) is 0 Å². The predicted molar refractivity (Wildman–Crippen MR) is 84.6 cm³/mol. The molecule has 5 heteroatoms. The Morgan fingerprint density at radius 1 is 1.48 bits per heavy atom. The van der Waals surface area contributed by atoms with Gasteiger partial charge in [0.2, 0.25) is 5.91 Å². The number of ether oxygens (including phenoxy) is 1. The molecule has 1 aliphatic carbocycles. The summed E-state index contributed by atoms with van der Waals surface area (Å²) in [7, 11) is 1.65. The molecule has 1 unspecified atom stereocenters. The van der Waals surface area contributed by atoms with Gasteiger partial charge in [0.25, 0.3) is 0 Å². The van der Waals surface area contributed by atoms with E-state index < -0.39 is 0 Å². The summed E-state index contributed by atoms with van der Waals surface area (Å²) in [5, 5.41) is 3.07. The van der Waals surface area contributed by atoms with E-state index in [0.29, 0.717) is 12.6 Å². The summed E-state index contributed by atoms with van der Waals surface area (Å²) in [5.41, 5.74) is 6.57. The fourth-order valence-electron chi connectivity index (χ4n) is 2.34. The van der Waals surface area contributed by atoms with Crippen molar-refractivity contribution in [3.05, 3.63) is 24.3 Å². The van der Waals surface area contributed by atoms with Gasteiger partial charge in [0.15, 0.2) is 0 Å². The zero-order valence-corrected chi connectivity index (χ0v) is 12.8. The minimum Gasteiger partial charge on any atom is -0.495 e. The van der Waals surface area contributed by atoms with Gasteiger partial charge < -0.3 is 20.7 Å². The van der Waals surface area contributed by atoms with Gasteiger partial charge in [-0.2, -0.15) is 0 Å². The fraction of sp³-hybridized carbons (Fsp3) is 0.562. The van der Waals surface area contributed by atoms with Crippen molar-refractivity contribution in [2.45, 2.75) is 38.3 Å². The average Bonchev–Trinajstić information content (AvgIpc) is 3.31. The first-order valence-corrected chi connectivity index (χ1v) is 7.57. The molecule has 2 rings (SSSR count). The number of methoxy groups -OCH3 is 1. The van der Waals surface area contributed by atoms with E-state index in [1.54, 1.807) is 7.11 Å². The van der Waals surface area contributed by atoms with Gasteiger partial charge in [-0.15, -0.1) is 0 Å². The van der Waals surface area contributed by atoms with Gasteiger partial charge in [0.05, 0.1) is 12.8 Å².